The van der Waals surface area contributed by atoms with Gasteiger partial charge in [-0.3, -0.25) is 4.79 Å². The second kappa shape index (κ2) is 33.7. The number of nitrogens with one attached hydrogen (secondary N) is 1. The van der Waals surface area contributed by atoms with Crippen LogP contribution >= 0.6 is 0 Å². The van der Waals surface area contributed by atoms with Crippen LogP contribution in [0.3, 0.4) is 0 Å². The molecule has 0 aromatic carbocycles. The zero-order valence-electron chi connectivity index (χ0n) is 33.1. The van der Waals surface area contributed by atoms with Crippen molar-refractivity contribution >= 4 is 5.91 Å². The van der Waals surface area contributed by atoms with Gasteiger partial charge < -0.3 is 40.3 Å². The van der Waals surface area contributed by atoms with Crippen LogP contribution in [-0.4, -0.2) is 87.5 Å². The maximum atomic E-state index is 12.9. The van der Waals surface area contributed by atoms with E-state index in [0.29, 0.717) is 12.8 Å². The molecule has 1 amide bonds. The monoisotopic (exact) mass is 730 g/mol. The fourth-order valence-electron chi connectivity index (χ4n) is 7.16. The summed E-state index contributed by atoms with van der Waals surface area (Å²) in [7, 11) is 0. The van der Waals surface area contributed by atoms with Crippen LogP contribution in [0, 0.1) is 0 Å². The lowest BCUT2D eigenvalue weighted by molar-refractivity contribution is -0.302. The average molecular weight is 730 g/mol. The second-order valence-electron chi connectivity index (χ2n) is 15.5. The molecule has 2 unspecified atom stereocenters. The van der Waals surface area contributed by atoms with Crippen LogP contribution in [0.5, 0.6) is 0 Å². The minimum Gasteiger partial charge on any atom is -0.394 e. The molecule has 0 aromatic rings. The number of carbonyl (C=O) groups excluding carboxylic acids is 1. The summed E-state index contributed by atoms with van der Waals surface area (Å²) >= 11 is 0. The van der Waals surface area contributed by atoms with Crippen LogP contribution in [0.15, 0.2) is 0 Å². The van der Waals surface area contributed by atoms with E-state index in [0.717, 1.165) is 38.5 Å². The zero-order valence-corrected chi connectivity index (χ0v) is 33.1. The molecule has 1 heterocycles. The summed E-state index contributed by atoms with van der Waals surface area (Å²) in [6.07, 6.45) is 28.2. The van der Waals surface area contributed by atoms with E-state index in [2.05, 4.69) is 19.2 Å². The van der Waals surface area contributed by atoms with Crippen molar-refractivity contribution in [1.29, 1.82) is 0 Å². The number of amides is 1. The van der Waals surface area contributed by atoms with Crippen molar-refractivity contribution in [3.05, 3.63) is 0 Å². The molecule has 51 heavy (non-hydrogen) atoms. The van der Waals surface area contributed by atoms with E-state index in [4.69, 9.17) is 9.47 Å². The molecule has 6 N–H and O–H groups in total. The number of rotatable bonds is 36. The largest absolute Gasteiger partial charge is 0.394 e. The Morgan fingerprint density at radius 2 is 0.980 bits per heavy atom. The predicted octanol–water partition coefficient (Wildman–Crippen LogP) is 8.39. The van der Waals surface area contributed by atoms with Crippen molar-refractivity contribution in [1.82, 2.24) is 5.32 Å². The van der Waals surface area contributed by atoms with E-state index >= 15 is 0 Å². The van der Waals surface area contributed by atoms with Crippen molar-refractivity contribution in [3.63, 3.8) is 0 Å². The summed E-state index contributed by atoms with van der Waals surface area (Å²) < 4.78 is 11.2. The fourth-order valence-corrected chi connectivity index (χ4v) is 7.16. The molecule has 7 atom stereocenters. The van der Waals surface area contributed by atoms with Gasteiger partial charge in [0.15, 0.2) is 6.29 Å². The van der Waals surface area contributed by atoms with Crippen molar-refractivity contribution in [2.24, 2.45) is 0 Å². The molecule has 1 rings (SSSR count). The molecule has 0 saturated carbocycles. The molecule has 1 fully saturated rings. The van der Waals surface area contributed by atoms with E-state index < -0.39 is 49.5 Å². The molecule has 9 nitrogen and oxygen atoms in total. The van der Waals surface area contributed by atoms with Crippen molar-refractivity contribution in [2.75, 3.05) is 13.2 Å². The van der Waals surface area contributed by atoms with Gasteiger partial charge in [0.1, 0.15) is 24.4 Å². The van der Waals surface area contributed by atoms with Gasteiger partial charge in [0.2, 0.25) is 5.91 Å². The molecule has 0 spiro atoms. The van der Waals surface area contributed by atoms with E-state index in [1.54, 1.807) is 0 Å². The summed E-state index contributed by atoms with van der Waals surface area (Å²) in [6.45, 7) is 3.83. The number of unbranched alkanes of at least 4 members (excludes halogenated alkanes) is 26. The van der Waals surface area contributed by atoms with Crippen LogP contribution in [0.1, 0.15) is 206 Å². The molecule has 0 bridgehead atoms. The average Bonchev–Trinajstić information content (AvgIpc) is 3.13. The number of hydrogen-bond donors (Lipinski definition) is 6. The van der Waals surface area contributed by atoms with Gasteiger partial charge in [-0.25, -0.2) is 0 Å². The highest BCUT2D eigenvalue weighted by Gasteiger charge is 2.44. The molecule has 304 valence electrons. The molecule has 1 saturated heterocycles. The van der Waals surface area contributed by atoms with Gasteiger partial charge in [0, 0.05) is 6.42 Å². The number of carbonyl (C=O) groups is 1. The third-order valence-corrected chi connectivity index (χ3v) is 10.7. The Hall–Kier alpha value is -0.810. The smallest absolute Gasteiger partial charge is 0.220 e. The summed E-state index contributed by atoms with van der Waals surface area (Å²) in [5, 5.41) is 54.2. The maximum absolute atomic E-state index is 12.9. The second-order valence-corrected chi connectivity index (χ2v) is 15.5. The van der Waals surface area contributed by atoms with Crippen LogP contribution < -0.4 is 5.32 Å². The quantitative estimate of drug-likeness (QED) is 0.0353. The van der Waals surface area contributed by atoms with Gasteiger partial charge in [0.05, 0.1) is 25.4 Å². The zero-order chi connectivity index (χ0) is 37.4. The third-order valence-electron chi connectivity index (χ3n) is 10.7. The highest BCUT2D eigenvalue weighted by molar-refractivity contribution is 5.76. The van der Waals surface area contributed by atoms with E-state index in [-0.39, 0.29) is 12.5 Å². The molecule has 1 aliphatic rings. The lowest BCUT2D eigenvalue weighted by Crippen LogP contribution is -2.60. The van der Waals surface area contributed by atoms with Crippen molar-refractivity contribution in [3.8, 4) is 0 Å². The third kappa shape index (κ3) is 25.0. The predicted molar refractivity (Wildman–Crippen MR) is 208 cm³/mol. The summed E-state index contributed by atoms with van der Waals surface area (Å²) in [5.74, 6) is -0.142. The number of aliphatic hydroxyl groups excluding tert-OH is 5. The molecule has 0 aromatic heterocycles. The van der Waals surface area contributed by atoms with Gasteiger partial charge in [-0.05, 0) is 12.8 Å². The fraction of sp³-hybridized carbons (Fsp3) is 0.976. The molecule has 0 radical (unpaired) electrons. The number of ether oxygens (including phenoxy) is 2. The Kier molecular flexibility index (Phi) is 31.9. The van der Waals surface area contributed by atoms with Crippen LogP contribution in [-0.2, 0) is 14.3 Å². The Morgan fingerprint density at radius 3 is 1.39 bits per heavy atom. The molecule has 9 heteroatoms. The van der Waals surface area contributed by atoms with Crippen LogP contribution in [0.2, 0.25) is 0 Å². The summed E-state index contributed by atoms with van der Waals surface area (Å²) in [4.78, 5) is 12.9. The van der Waals surface area contributed by atoms with Crippen molar-refractivity contribution in [2.45, 2.75) is 249 Å². The van der Waals surface area contributed by atoms with E-state index in [1.165, 1.54) is 141 Å². The number of hydrogen-bond acceptors (Lipinski definition) is 8. The van der Waals surface area contributed by atoms with Crippen LogP contribution in [0.4, 0.5) is 0 Å². The first-order valence-corrected chi connectivity index (χ1v) is 21.7. The number of aliphatic hydroxyl groups is 5. The molecular formula is C42H83NO8. The standard InChI is InChI=1S/C42H83NO8/c1-3-5-7-9-11-13-15-17-18-19-20-22-24-26-28-30-32-38(46)43-35(34-50-42-41(49)40(48)39(47)37(33-44)51-42)36(45)31-29-27-25-23-21-16-14-12-10-8-6-4-2/h35-37,39-42,44-45,47-49H,3-34H2,1-2H3,(H,43,46)/t35-,36+,37-,39-,40?,41?,42-/m0/s1. The Labute approximate surface area is 313 Å². The normalized spacial score (nSPS) is 21.9. The molecular weight excluding hydrogens is 646 g/mol. The Morgan fingerprint density at radius 1 is 0.588 bits per heavy atom. The summed E-state index contributed by atoms with van der Waals surface area (Å²) in [6, 6.07) is -0.710. The van der Waals surface area contributed by atoms with Gasteiger partial charge >= 0.3 is 0 Å². The molecule has 0 aliphatic carbocycles. The SMILES string of the molecule is CCCCCCCCCCCCCCCCCCC(=O)N[C@@H](CO[C@H]1O[C@@H](CO)[C@H](O)C(O)C1O)[C@H](O)CCCCCCCCCCCCCC. The Balaban J connectivity index is 2.34. The van der Waals surface area contributed by atoms with Gasteiger partial charge in [0.25, 0.3) is 0 Å². The first kappa shape index (κ1) is 48.2. The lowest BCUT2D eigenvalue weighted by atomic mass is 9.99. The minimum atomic E-state index is -1.55. The minimum absolute atomic E-state index is 0.132. The maximum Gasteiger partial charge on any atom is 0.220 e. The highest BCUT2D eigenvalue weighted by Crippen LogP contribution is 2.23. The van der Waals surface area contributed by atoms with Gasteiger partial charge in [-0.15, -0.1) is 0 Å². The van der Waals surface area contributed by atoms with Crippen molar-refractivity contribution < 1.29 is 39.8 Å². The van der Waals surface area contributed by atoms with E-state index in [1.807, 2.05) is 0 Å². The Bertz CT molecular complexity index is 771. The highest BCUT2D eigenvalue weighted by atomic mass is 16.7. The van der Waals surface area contributed by atoms with E-state index in [9.17, 15) is 30.3 Å². The van der Waals surface area contributed by atoms with Gasteiger partial charge in [-0.1, -0.05) is 187 Å². The topological polar surface area (TPSA) is 149 Å². The summed E-state index contributed by atoms with van der Waals surface area (Å²) in [5.41, 5.74) is 0. The molecule has 1 aliphatic heterocycles. The van der Waals surface area contributed by atoms with Crippen LogP contribution in [0.25, 0.3) is 0 Å². The van der Waals surface area contributed by atoms with Gasteiger partial charge in [-0.2, -0.15) is 0 Å². The lowest BCUT2D eigenvalue weighted by Gasteiger charge is -2.40. The first-order chi connectivity index (χ1) is 24.8. The first-order valence-electron chi connectivity index (χ1n) is 21.7.